The van der Waals surface area contributed by atoms with Crippen LogP contribution < -0.4 is 5.32 Å². The maximum absolute atomic E-state index is 8.92. The Balaban J connectivity index is 2.44. The number of unbranched alkanes of at least 4 members (excludes halogenated alkanes) is 3. The van der Waals surface area contributed by atoms with Gasteiger partial charge >= 0.3 is 0 Å². The molecule has 0 aliphatic carbocycles. The largest absolute Gasteiger partial charge is 0.383 e. The molecule has 1 aromatic carbocycles. The number of rotatable bonds is 7. The molecule has 18 heavy (non-hydrogen) atoms. The molecule has 0 saturated carbocycles. The van der Waals surface area contributed by atoms with Gasteiger partial charge in [-0.2, -0.15) is 5.26 Å². The van der Waals surface area contributed by atoms with E-state index in [4.69, 9.17) is 16.9 Å². The van der Waals surface area contributed by atoms with Gasteiger partial charge in [-0.05, 0) is 31.5 Å². The van der Waals surface area contributed by atoms with E-state index >= 15 is 0 Å². The first-order chi connectivity index (χ1) is 8.67. The molecule has 0 aliphatic rings. The van der Waals surface area contributed by atoms with E-state index in [1.54, 1.807) is 6.07 Å². The van der Waals surface area contributed by atoms with Crippen LogP contribution in [-0.2, 0) is 0 Å². The summed E-state index contributed by atoms with van der Waals surface area (Å²) in [6.07, 6.45) is 6.29. The number of benzene rings is 1. The Kier molecular flexibility index (Phi) is 6.60. The summed E-state index contributed by atoms with van der Waals surface area (Å²) in [5.74, 6) is 0. The lowest BCUT2D eigenvalue weighted by Crippen LogP contribution is -2.14. The van der Waals surface area contributed by atoms with Gasteiger partial charge in [-0.1, -0.05) is 44.2 Å². The average molecular weight is 265 g/mol. The van der Waals surface area contributed by atoms with E-state index < -0.39 is 0 Å². The minimum absolute atomic E-state index is 0.426. The first-order valence-electron chi connectivity index (χ1n) is 6.63. The van der Waals surface area contributed by atoms with E-state index in [0.29, 0.717) is 16.6 Å². The standard InChI is InChI=1S/C15H21ClN2/c1-3-4-5-6-7-12(2)18-14-8-9-15(16)13(10-14)11-17/h8-10,12,18H,3-7H2,1-2H3. The molecule has 0 aromatic heterocycles. The van der Waals surface area contributed by atoms with Crippen LogP contribution in [0.2, 0.25) is 5.02 Å². The summed E-state index contributed by atoms with van der Waals surface area (Å²) in [6.45, 7) is 4.39. The third-order valence-electron chi connectivity index (χ3n) is 2.99. The van der Waals surface area contributed by atoms with E-state index in [9.17, 15) is 0 Å². The maximum Gasteiger partial charge on any atom is 0.101 e. The molecule has 0 bridgehead atoms. The molecular weight excluding hydrogens is 244 g/mol. The molecule has 0 amide bonds. The molecule has 0 aliphatic heterocycles. The van der Waals surface area contributed by atoms with Crippen molar-refractivity contribution in [1.82, 2.24) is 0 Å². The second-order valence-corrected chi connectivity index (χ2v) is 5.11. The molecule has 0 radical (unpaired) electrons. The Morgan fingerprint density at radius 1 is 1.33 bits per heavy atom. The Morgan fingerprint density at radius 3 is 2.78 bits per heavy atom. The fourth-order valence-electron chi connectivity index (χ4n) is 1.93. The Bertz CT molecular complexity index is 409. The topological polar surface area (TPSA) is 35.8 Å². The fourth-order valence-corrected chi connectivity index (χ4v) is 2.09. The number of nitrogens with zero attached hydrogens (tertiary/aromatic N) is 1. The van der Waals surface area contributed by atoms with Gasteiger partial charge in [0.25, 0.3) is 0 Å². The van der Waals surface area contributed by atoms with Gasteiger partial charge in [0, 0.05) is 11.7 Å². The first-order valence-corrected chi connectivity index (χ1v) is 7.01. The van der Waals surface area contributed by atoms with Crippen LogP contribution in [-0.4, -0.2) is 6.04 Å². The van der Waals surface area contributed by atoms with Gasteiger partial charge in [0.2, 0.25) is 0 Å². The summed E-state index contributed by atoms with van der Waals surface area (Å²) in [6, 6.07) is 8.03. The van der Waals surface area contributed by atoms with E-state index in [-0.39, 0.29) is 0 Å². The minimum Gasteiger partial charge on any atom is -0.383 e. The number of nitriles is 1. The third-order valence-corrected chi connectivity index (χ3v) is 3.32. The molecule has 1 rings (SSSR count). The smallest absolute Gasteiger partial charge is 0.101 e. The summed E-state index contributed by atoms with van der Waals surface area (Å²) >= 11 is 5.90. The van der Waals surface area contributed by atoms with Crippen molar-refractivity contribution in [2.45, 2.75) is 52.0 Å². The van der Waals surface area contributed by atoms with Crippen molar-refractivity contribution in [1.29, 1.82) is 5.26 Å². The second kappa shape index (κ2) is 8.00. The molecule has 1 unspecified atom stereocenters. The van der Waals surface area contributed by atoms with Gasteiger partial charge in [0.1, 0.15) is 6.07 Å². The zero-order valence-corrected chi connectivity index (χ0v) is 11.9. The molecule has 1 aromatic rings. The predicted octanol–water partition coefficient (Wildman–Crippen LogP) is 4.98. The number of nitrogens with one attached hydrogen (secondary N) is 1. The van der Waals surface area contributed by atoms with Crippen LogP contribution in [0.3, 0.4) is 0 Å². The highest BCUT2D eigenvalue weighted by atomic mass is 35.5. The molecule has 0 saturated heterocycles. The molecule has 1 atom stereocenters. The quantitative estimate of drug-likeness (QED) is 0.705. The van der Waals surface area contributed by atoms with Gasteiger partial charge in [-0.15, -0.1) is 0 Å². The molecule has 98 valence electrons. The molecule has 0 heterocycles. The van der Waals surface area contributed by atoms with E-state index in [2.05, 4.69) is 25.2 Å². The molecule has 0 spiro atoms. The molecular formula is C15H21ClN2. The van der Waals surface area contributed by atoms with Crippen LogP contribution in [0.15, 0.2) is 18.2 Å². The van der Waals surface area contributed by atoms with Crippen molar-refractivity contribution >= 4 is 17.3 Å². The number of hydrogen-bond acceptors (Lipinski definition) is 2. The van der Waals surface area contributed by atoms with Gasteiger partial charge in [-0.3, -0.25) is 0 Å². The first kappa shape index (κ1) is 14.9. The highest BCUT2D eigenvalue weighted by molar-refractivity contribution is 6.31. The summed E-state index contributed by atoms with van der Waals surface area (Å²) < 4.78 is 0. The zero-order valence-electron chi connectivity index (χ0n) is 11.2. The highest BCUT2D eigenvalue weighted by Crippen LogP contribution is 2.20. The van der Waals surface area contributed by atoms with E-state index in [1.807, 2.05) is 12.1 Å². The maximum atomic E-state index is 8.92. The van der Waals surface area contributed by atoms with Crippen LogP contribution in [0, 0.1) is 11.3 Å². The predicted molar refractivity (Wildman–Crippen MR) is 78.0 cm³/mol. The van der Waals surface area contributed by atoms with E-state index in [0.717, 1.165) is 12.1 Å². The van der Waals surface area contributed by atoms with Crippen LogP contribution in [0.5, 0.6) is 0 Å². The molecule has 0 fully saturated rings. The van der Waals surface area contributed by atoms with Crippen LogP contribution >= 0.6 is 11.6 Å². The minimum atomic E-state index is 0.426. The van der Waals surface area contributed by atoms with Crippen molar-refractivity contribution in [3.05, 3.63) is 28.8 Å². The number of halogens is 1. The molecule has 1 N–H and O–H groups in total. The Morgan fingerprint density at radius 2 is 2.11 bits per heavy atom. The summed E-state index contributed by atoms with van der Waals surface area (Å²) in [5.41, 5.74) is 1.50. The van der Waals surface area contributed by atoms with Crippen molar-refractivity contribution in [3.63, 3.8) is 0 Å². The lowest BCUT2D eigenvalue weighted by Gasteiger charge is -2.15. The van der Waals surface area contributed by atoms with Crippen LogP contribution in [0.4, 0.5) is 5.69 Å². The Labute approximate surface area is 115 Å². The van der Waals surface area contributed by atoms with Crippen molar-refractivity contribution in [2.75, 3.05) is 5.32 Å². The number of hydrogen-bond donors (Lipinski definition) is 1. The van der Waals surface area contributed by atoms with Crippen molar-refractivity contribution < 1.29 is 0 Å². The van der Waals surface area contributed by atoms with Gasteiger partial charge in [0.05, 0.1) is 10.6 Å². The van der Waals surface area contributed by atoms with Gasteiger partial charge in [-0.25, -0.2) is 0 Å². The second-order valence-electron chi connectivity index (χ2n) is 4.70. The number of anilines is 1. The summed E-state index contributed by atoms with van der Waals surface area (Å²) in [5, 5.41) is 12.8. The van der Waals surface area contributed by atoms with Gasteiger partial charge in [0.15, 0.2) is 0 Å². The monoisotopic (exact) mass is 264 g/mol. The Hall–Kier alpha value is -1.20. The molecule has 2 nitrogen and oxygen atoms in total. The van der Waals surface area contributed by atoms with Crippen LogP contribution in [0.25, 0.3) is 0 Å². The average Bonchev–Trinajstić information content (AvgIpc) is 2.37. The highest BCUT2D eigenvalue weighted by Gasteiger charge is 2.04. The summed E-state index contributed by atoms with van der Waals surface area (Å²) in [4.78, 5) is 0. The molecule has 3 heteroatoms. The SMILES string of the molecule is CCCCCCC(C)Nc1ccc(Cl)c(C#N)c1. The van der Waals surface area contributed by atoms with Crippen molar-refractivity contribution in [2.24, 2.45) is 0 Å². The van der Waals surface area contributed by atoms with Crippen LogP contribution in [0.1, 0.15) is 51.5 Å². The zero-order chi connectivity index (χ0) is 13.4. The van der Waals surface area contributed by atoms with Gasteiger partial charge < -0.3 is 5.32 Å². The third kappa shape index (κ3) is 4.98. The van der Waals surface area contributed by atoms with E-state index in [1.165, 1.54) is 25.7 Å². The lowest BCUT2D eigenvalue weighted by atomic mass is 10.1. The fraction of sp³-hybridized carbons (Fsp3) is 0.533. The summed E-state index contributed by atoms with van der Waals surface area (Å²) in [7, 11) is 0. The lowest BCUT2D eigenvalue weighted by molar-refractivity contribution is 0.594. The van der Waals surface area contributed by atoms with Crippen molar-refractivity contribution in [3.8, 4) is 6.07 Å². The normalized spacial score (nSPS) is 11.9.